The van der Waals surface area contributed by atoms with Crippen LogP contribution in [0.2, 0.25) is 0 Å². The molecule has 1 amide bonds. The van der Waals surface area contributed by atoms with Crippen LogP contribution in [0.3, 0.4) is 0 Å². The Morgan fingerprint density at radius 3 is 2.27 bits per heavy atom. The highest BCUT2D eigenvalue weighted by atomic mass is 32.2. The van der Waals surface area contributed by atoms with E-state index in [4.69, 9.17) is 0 Å². The first-order valence-corrected chi connectivity index (χ1v) is 12.0. The fraction of sp³-hybridized carbons (Fsp3) is 0.333. The highest BCUT2D eigenvalue weighted by Gasteiger charge is 2.32. The first-order valence-electron chi connectivity index (χ1n) is 10.6. The molecule has 33 heavy (non-hydrogen) atoms. The standard InChI is InChI=1S/C24H29FN4O3S/c1-15(2)19-8-11-21(12-9-19)29(33(31,32)24-17(4)27-28(6)18(24)5)14-23(30)26-20-10-7-16(3)22(25)13-20/h7-13,15H,14H2,1-6H3,(H,26,30). The minimum atomic E-state index is -4.11. The van der Waals surface area contributed by atoms with Crippen LogP contribution in [-0.2, 0) is 21.9 Å². The van der Waals surface area contributed by atoms with Crippen LogP contribution < -0.4 is 9.62 Å². The highest BCUT2D eigenvalue weighted by Crippen LogP contribution is 2.29. The van der Waals surface area contributed by atoms with Gasteiger partial charge in [-0.25, -0.2) is 12.8 Å². The van der Waals surface area contributed by atoms with Crippen molar-refractivity contribution in [2.24, 2.45) is 7.05 Å². The first-order chi connectivity index (χ1) is 15.4. The predicted molar refractivity (Wildman–Crippen MR) is 128 cm³/mol. The summed E-state index contributed by atoms with van der Waals surface area (Å²) in [6.45, 7) is 8.51. The number of hydrogen-bond acceptors (Lipinski definition) is 4. The molecular weight excluding hydrogens is 443 g/mol. The second kappa shape index (κ2) is 9.35. The molecule has 0 saturated carbocycles. The summed E-state index contributed by atoms with van der Waals surface area (Å²) >= 11 is 0. The van der Waals surface area contributed by atoms with Crippen molar-refractivity contribution in [3.63, 3.8) is 0 Å². The summed E-state index contributed by atoms with van der Waals surface area (Å²) in [5.74, 6) is -0.774. The Hall–Kier alpha value is -3.20. The first kappa shape index (κ1) is 24.4. The Bertz CT molecular complexity index is 1280. The van der Waals surface area contributed by atoms with Crippen molar-refractivity contribution >= 4 is 27.3 Å². The molecule has 3 aromatic rings. The lowest BCUT2D eigenvalue weighted by Crippen LogP contribution is -2.38. The Labute approximate surface area is 194 Å². The largest absolute Gasteiger partial charge is 0.324 e. The zero-order valence-electron chi connectivity index (χ0n) is 19.7. The number of anilines is 2. The zero-order valence-corrected chi connectivity index (χ0v) is 20.5. The summed E-state index contributed by atoms with van der Waals surface area (Å²) in [5.41, 5.74) is 2.92. The van der Waals surface area contributed by atoms with E-state index in [1.54, 1.807) is 52.1 Å². The summed E-state index contributed by atoms with van der Waals surface area (Å²) in [6, 6.07) is 11.4. The maximum absolute atomic E-state index is 13.9. The molecule has 0 spiro atoms. The lowest BCUT2D eigenvalue weighted by atomic mass is 10.0. The Morgan fingerprint density at radius 1 is 1.12 bits per heavy atom. The number of benzene rings is 2. The van der Waals surface area contributed by atoms with Gasteiger partial charge < -0.3 is 5.32 Å². The van der Waals surface area contributed by atoms with Crippen LogP contribution in [0.25, 0.3) is 0 Å². The number of hydrogen-bond donors (Lipinski definition) is 1. The van der Waals surface area contributed by atoms with E-state index in [1.165, 1.54) is 10.7 Å². The number of aromatic nitrogens is 2. The maximum Gasteiger partial charge on any atom is 0.268 e. The van der Waals surface area contributed by atoms with Crippen LogP contribution in [0.5, 0.6) is 0 Å². The third-order valence-electron chi connectivity index (χ3n) is 5.58. The number of rotatable bonds is 7. The lowest BCUT2D eigenvalue weighted by molar-refractivity contribution is -0.114. The molecule has 0 aliphatic rings. The van der Waals surface area contributed by atoms with Gasteiger partial charge in [-0.2, -0.15) is 5.10 Å². The van der Waals surface area contributed by atoms with Crippen molar-refractivity contribution < 1.29 is 17.6 Å². The molecule has 1 N–H and O–H groups in total. The molecule has 0 atom stereocenters. The number of nitrogens with one attached hydrogen (secondary N) is 1. The summed E-state index contributed by atoms with van der Waals surface area (Å²) in [6.07, 6.45) is 0. The molecule has 0 saturated heterocycles. The molecule has 1 aromatic heterocycles. The number of amides is 1. The second-order valence-electron chi connectivity index (χ2n) is 8.39. The molecule has 7 nitrogen and oxygen atoms in total. The van der Waals surface area contributed by atoms with Gasteiger partial charge in [0, 0.05) is 12.7 Å². The van der Waals surface area contributed by atoms with Crippen LogP contribution in [0.15, 0.2) is 47.4 Å². The molecule has 2 aromatic carbocycles. The van der Waals surface area contributed by atoms with Gasteiger partial charge in [-0.3, -0.25) is 13.8 Å². The van der Waals surface area contributed by atoms with E-state index in [1.807, 2.05) is 26.0 Å². The minimum absolute atomic E-state index is 0.0621. The smallest absolute Gasteiger partial charge is 0.268 e. The number of sulfonamides is 1. The molecule has 0 aliphatic carbocycles. The third kappa shape index (κ3) is 5.08. The fourth-order valence-electron chi connectivity index (χ4n) is 3.58. The van der Waals surface area contributed by atoms with E-state index >= 15 is 0 Å². The number of nitrogens with zero attached hydrogens (tertiary/aromatic N) is 3. The average Bonchev–Trinajstić information content (AvgIpc) is 3.00. The molecule has 0 fully saturated rings. The normalized spacial score (nSPS) is 11.6. The Morgan fingerprint density at radius 2 is 1.76 bits per heavy atom. The van der Waals surface area contributed by atoms with Crippen LogP contribution in [0, 0.1) is 26.6 Å². The summed E-state index contributed by atoms with van der Waals surface area (Å²) in [4.78, 5) is 12.9. The molecule has 0 aliphatic heterocycles. The Kier molecular flexibility index (Phi) is 6.92. The van der Waals surface area contributed by atoms with Crippen molar-refractivity contribution in [3.8, 4) is 0 Å². The van der Waals surface area contributed by atoms with Gasteiger partial charge in [0.05, 0.1) is 17.1 Å². The molecular formula is C24H29FN4O3S. The van der Waals surface area contributed by atoms with Crippen molar-refractivity contribution in [2.45, 2.75) is 45.4 Å². The molecule has 0 unspecified atom stereocenters. The van der Waals surface area contributed by atoms with Crippen LogP contribution >= 0.6 is 0 Å². The van der Waals surface area contributed by atoms with Crippen LogP contribution in [0.4, 0.5) is 15.8 Å². The number of aryl methyl sites for hydroxylation is 3. The van der Waals surface area contributed by atoms with E-state index < -0.39 is 28.3 Å². The second-order valence-corrected chi connectivity index (χ2v) is 10.2. The van der Waals surface area contributed by atoms with Gasteiger partial charge in [0.15, 0.2) is 0 Å². The monoisotopic (exact) mass is 472 g/mol. The van der Waals surface area contributed by atoms with E-state index in [2.05, 4.69) is 10.4 Å². The maximum atomic E-state index is 13.9. The van der Waals surface area contributed by atoms with E-state index in [9.17, 15) is 17.6 Å². The number of carbonyl (C=O) groups excluding carboxylic acids is 1. The fourth-order valence-corrected chi connectivity index (χ4v) is 5.41. The van der Waals surface area contributed by atoms with Gasteiger partial charge in [0.2, 0.25) is 5.91 Å². The van der Waals surface area contributed by atoms with Gasteiger partial charge in [0.1, 0.15) is 17.3 Å². The average molecular weight is 473 g/mol. The predicted octanol–water partition coefficient (Wildman–Crippen LogP) is 4.44. The zero-order chi connectivity index (χ0) is 24.5. The minimum Gasteiger partial charge on any atom is -0.324 e. The molecule has 0 bridgehead atoms. The van der Waals surface area contributed by atoms with Gasteiger partial charge in [-0.15, -0.1) is 0 Å². The highest BCUT2D eigenvalue weighted by molar-refractivity contribution is 7.93. The van der Waals surface area contributed by atoms with Crippen LogP contribution in [0.1, 0.15) is 42.3 Å². The van der Waals surface area contributed by atoms with Gasteiger partial charge in [-0.05, 0) is 62.1 Å². The summed E-state index contributed by atoms with van der Waals surface area (Å²) in [7, 11) is -2.45. The van der Waals surface area contributed by atoms with Crippen molar-refractivity contribution in [2.75, 3.05) is 16.2 Å². The summed E-state index contributed by atoms with van der Waals surface area (Å²) < 4.78 is 43.9. The van der Waals surface area contributed by atoms with Crippen molar-refractivity contribution in [3.05, 3.63) is 70.8 Å². The molecule has 1 heterocycles. The number of carbonyl (C=O) groups is 1. The van der Waals surface area contributed by atoms with E-state index in [0.717, 1.165) is 9.87 Å². The molecule has 3 rings (SSSR count). The number of halogens is 1. The van der Waals surface area contributed by atoms with Gasteiger partial charge in [-0.1, -0.05) is 32.0 Å². The topological polar surface area (TPSA) is 84.3 Å². The lowest BCUT2D eigenvalue weighted by Gasteiger charge is -2.25. The summed E-state index contributed by atoms with van der Waals surface area (Å²) in [5, 5.41) is 6.82. The Balaban J connectivity index is 2.01. The molecule has 0 radical (unpaired) electrons. The van der Waals surface area contributed by atoms with Gasteiger partial charge >= 0.3 is 0 Å². The SMILES string of the molecule is Cc1ccc(NC(=O)CN(c2ccc(C(C)C)cc2)S(=O)(=O)c2c(C)nn(C)c2C)cc1F. The van der Waals surface area contributed by atoms with Crippen LogP contribution in [-0.4, -0.2) is 30.7 Å². The van der Waals surface area contributed by atoms with E-state index in [-0.39, 0.29) is 16.5 Å². The third-order valence-corrected chi connectivity index (χ3v) is 7.61. The van der Waals surface area contributed by atoms with Gasteiger partial charge in [0.25, 0.3) is 10.0 Å². The van der Waals surface area contributed by atoms with E-state index in [0.29, 0.717) is 22.6 Å². The van der Waals surface area contributed by atoms with Crippen molar-refractivity contribution in [1.82, 2.24) is 9.78 Å². The quantitative estimate of drug-likeness (QED) is 0.551. The molecule has 9 heteroatoms. The molecule has 176 valence electrons. The van der Waals surface area contributed by atoms with Crippen molar-refractivity contribution in [1.29, 1.82) is 0 Å².